The molecule has 3 aromatic rings. The minimum Gasteiger partial charge on any atom is -0.255 e. The molecule has 3 aromatic carbocycles. The second-order valence-corrected chi connectivity index (χ2v) is 11.5. The molecule has 1 unspecified atom stereocenters. The summed E-state index contributed by atoms with van der Waals surface area (Å²) in [6.07, 6.45) is 2.35. The van der Waals surface area contributed by atoms with Gasteiger partial charge in [0, 0.05) is 35.0 Å². The van der Waals surface area contributed by atoms with Crippen molar-refractivity contribution in [3.8, 4) is 11.1 Å². The zero-order valence-electron chi connectivity index (χ0n) is 18.3. The fourth-order valence-electron chi connectivity index (χ4n) is 4.47. The summed E-state index contributed by atoms with van der Waals surface area (Å²) in [6, 6.07) is 17.8. The Morgan fingerprint density at radius 2 is 1.55 bits per heavy atom. The molecule has 0 aromatic heterocycles. The van der Waals surface area contributed by atoms with E-state index in [0.717, 1.165) is 38.3 Å². The van der Waals surface area contributed by atoms with Crippen molar-refractivity contribution in [3.63, 3.8) is 0 Å². The second-order valence-electron chi connectivity index (χ2n) is 8.28. The minimum absolute atomic E-state index is 0.379. The van der Waals surface area contributed by atoms with Crippen LogP contribution in [0.1, 0.15) is 27.8 Å². The van der Waals surface area contributed by atoms with E-state index in [-0.39, 0.29) is 0 Å². The topological polar surface area (TPSA) is 54.5 Å². The average molecular weight is 454 g/mol. The Morgan fingerprint density at radius 3 is 2.23 bits per heavy atom. The van der Waals surface area contributed by atoms with Crippen LogP contribution in [0.25, 0.3) is 11.1 Å². The molecule has 1 heterocycles. The van der Waals surface area contributed by atoms with Crippen molar-refractivity contribution in [1.29, 1.82) is 0 Å². The lowest BCUT2D eigenvalue weighted by Crippen LogP contribution is -2.36. The van der Waals surface area contributed by atoms with Crippen molar-refractivity contribution in [2.24, 2.45) is 0 Å². The first-order valence-corrected chi connectivity index (χ1v) is 13.3. The highest BCUT2D eigenvalue weighted by atomic mass is 32.2. The fourth-order valence-corrected chi connectivity index (χ4v) is 6.86. The number of hydrogen-bond acceptors (Lipinski definition) is 3. The molecule has 6 heteroatoms. The Balaban J connectivity index is 1.65. The van der Waals surface area contributed by atoms with Crippen LogP contribution in [-0.2, 0) is 33.8 Å². The smallest absolute Gasteiger partial charge is 0.243 e. The van der Waals surface area contributed by atoms with Gasteiger partial charge in [-0.05, 0) is 72.7 Å². The third-order valence-electron chi connectivity index (χ3n) is 5.89. The lowest BCUT2D eigenvalue weighted by Gasteiger charge is -2.29. The molecule has 0 bridgehead atoms. The minimum atomic E-state index is -3.56. The van der Waals surface area contributed by atoms with Crippen LogP contribution in [0.5, 0.6) is 0 Å². The lowest BCUT2D eigenvalue weighted by molar-refractivity contribution is 0.391. The predicted octanol–water partition coefficient (Wildman–Crippen LogP) is 4.76. The Morgan fingerprint density at radius 1 is 0.871 bits per heavy atom. The maximum Gasteiger partial charge on any atom is 0.243 e. The quantitative estimate of drug-likeness (QED) is 0.572. The molecule has 1 atom stereocenters. The van der Waals surface area contributed by atoms with Gasteiger partial charge < -0.3 is 0 Å². The van der Waals surface area contributed by atoms with E-state index >= 15 is 0 Å². The number of benzene rings is 3. The van der Waals surface area contributed by atoms with E-state index in [0.29, 0.717) is 24.4 Å². The Kier molecular flexibility index (Phi) is 5.90. The summed E-state index contributed by atoms with van der Waals surface area (Å²) in [5.74, 6) is 0. The highest BCUT2D eigenvalue weighted by molar-refractivity contribution is 7.89. The maximum absolute atomic E-state index is 13.4. The first kappa shape index (κ1) is 21.9. The zero-order chi connectivity index (χ0) is 22.3. The van der Waals surface area contributed by atoms with E-state index < -0.39 is 20.8 Å². The van der Waals surface area contributed by atoms with Crippen LogP contribution in [0.4, 0.5) is 0 Å². The Hall–Kier alpha value is -2.28. The van der Waals surface area contributed by atoms with Crippen LogP contribution in [0, 0.1) is 20.8 Å². The molecule has 0 spiro atoms. The van der Waals surface area contributed by atoms with Crippen molar-refractivity contribution in [1.82, 2.24) is 4.31 Å². The number of aryl methyl sites for hydroxylation is 3. The van der Waals surface area contributed by atoms with Crippen LogP contribution < -0.4 is 0 Å². The van der Waals surface area contributed by atoms with Crippen molar-refractivity contribution in [3.05, 3.63) is 82.4 Å². The first-order chi connectivity index (χ1) is 14.7. The molecule has 0 saturated heterocycles. The van der Waals surface area contributed by atoms with E-state index in [1.807, 2.05) is 69.3 Å². The lowest BCUT2D eigenvalue weighted by atomic mass is 9.95. The summed E-state index contributed by atoms with van der Waals surface area (Å²) in [6.45, 7) is 6.57. The summed E-state index contributed by atoms with van der Waals surface area (Å²) in [5.41, 5.74) is 6.96. The SMILES string of the molecule is Cc1cc(C)c(S(=O)(=O)N2CCc3cc(-c4cccc(S(C)=O)c4)ccc3C2)c(C)c1. The van der Waals surface area contributed by atoms with Gasteiger partial charge >= 0.3 is 0 Å². The third kappa shape index (κ3) is 4.25. The van der Waals surface area contributed by atoms with Crippen LogP contribution in [-0.4, -0.2) is 29.7 Å². The van der Waals surface area contributed by atoms with Gasteiger partial charge in [-0.1, -0.05) is 48.0 Å². The van der Waals surface area contributed by atoms with E-state index in [1.165, 1.54) is 5.56 Å². The van der Waals surface area contributed by atoms with E-state index in [9.17, 15) is 12.6 Å². The van der Waals surface area contributed by atoms with Gasteiger partial charge in [-0.15, -0.1) is 0 Å². The second kappa shape index (κ2) is 8.34. The molecule has 0 aliphatic carbocycles. The maximum atomic E-state index is 13.4. The van der Waals surface area contributed by atoms with Gasteiger partial charge in [0.25, 0.3) is 0 Å². The number of sulfonamides is 1. The molecule has 0 saturated carbocycles. The van der Waals surface area contributed by atoms with Gasteiger partial charge in [0.15, 0.2) is 0 Å². The number of hydrogen-bond donors (Lipinski definition) is 0. The Labute approximate surface area is 187 Å². The molecule has 31 heavy (non-hydrogen) atoms. The van der Waals surface area contributed by atoms with Gasteiger partial charge in [0.1, 0.15) is 0 Å². The van der Waals surface area contributed by atoms with Gasteiger partial charge in [0.2, 0.25) is 10.0 Å². The molecule has 4 rings (SSSR count). The van der Waals surface area contributed by atoms with Crippen molar-refractivity contribution < 1.29 is 12.6 Å². The molecule has 0 N–H and O–H groups in total. The highest BCUT2D eigenvalue weighted by Crippen LogP contribution is 2.31. The van der Waals surface area contributed by atoms with Crippen molar-refractivity contribution in [2.45, 2.75) is 43.5 Å². The highest BCUT2D eigenvalue weighted by Gasteiger charge is 2.31. The van der Waals surface area contributed by atoms with Gasteiger partial charge in [0.05, 0.1) is 4.90 Å². The molecule has 0 radical (unpaired) electrons. The molecule has 0 fully saturated rings. The summed E-state index contributed by atoms with van der Waals surface area (Å²) in [5, 5.41) is 0. The van der Waals surface area contributed by atoms with E-state index in [2.05, 4.69) is 6.07 Å². The predicted molar refractivity (Wildman–Crippen MR) is 126 cm³/mol. The summed E-state index contributed by atoms with van der Waals surface area (Å²) >= 11 is 0. The standard InChI is InChI=1S/C25H27NO3S2/c1-17-12-18(2)25(19(3)13-17)31(28,29)26-11-10-22-14-21(8-9-23(22)16-26)20-6-5-7-24(15-20)30(4)27/h5-9,12-15H,10-11,16H2,1-4H3. The van der Waals surface area contributed by atoms with Crippen LogP contribution in [0.15, 0.2) is 64.4 Å². The molecule has 162 valence electrons. The van der Waals surface area contributed by atoms with Gasteiger partial charge in [-0.3, -0.25) is 4.21 Å². The van der Waals surface area contributed by atoms with Crippen LogP contribution in [0.2, 0.25) is 0 Å². The van der Waals surface area contributed by atoms with Gasteiger partial charge in [-0.25, -0.2) is 8.42 Å². The molecule has 0 amide bonds. The van der Waals surface area contributed by atoms with Crippen LogP contribution >= 0.6 is 0 Å². The molecule has 1 aliphatic heterocycles. The first-order valence-electron chi connectivity index (χ1n) is 10.3. The fraction of sp³-hybridized carbons (Fsp3) is 0.280. The number of nitrogens with zero attached hydrogens (tertiary/aromatic N) is 1. The Bertz CT molecular complexity index is 1270. The van der Waals surface area contributed by atoms with E-state index in [1.54, 1.807) is 10.6 Å². The molecule has 4 nitrogen and oxygen atoms in total. The largest absolute Gasteiger partial charge is 0.255 e. The normalized spacial score (nSPS) is 15.5. The number of fused-ring (bicyclic) bond motifs is 1. The third-order valence-corrected chi connectivity index (χ3v) is 8.95. The zero-order valence-corrected chi connectivity index (χ0v) is 19.9. The van der Waals surface area contributed by atoms with E-state index in [4.69, 9.17) is 0 Å². The monoisotopic (exact) mass is 453 g/mol. The molecule has 1 aliphatic rings. The number of rotatable bonds is 4. The molecular formula is C25H27NO3S2. The molecular weight excluding hydrogens is 426 g/mol. The van der Waals surface area contributed by atoms with Crippen molar-refractivity contribution >= 4 is 20.8 Å². The average Bonchev–Trinajstić information content (AvgIpc) is 2.72. The summed E-state index contributed by atoms with van der Waals surface area (Å²) in [7, 11) is -4.59. The van der Waals surface area contributed by atoms with Crippen LogP contribution in [0.3, 0.4) is 0 Å². The summed E-state index contributed by atoms with van der Waals surface area (Å²) < 4.78 is 40.3. The van der Waals surface area contributed by atoms with Gasteiger partial charge in [-0.2, -0.15) is 4.31 Å². The summed E-state index contributed by atoms with van der Waals surface area (Å²) in [4.78, 5) is 1.24. The van der Waals surface area contributed by atoms with Crippen molar-refractivity contribution in [2.75, 3.05) is 12.8 Å².